The average Bonchev–Trinajstić information content (AvgIpc) is 3.19. The van der Waals surface area contributed by atoms with E-state index in [0.717, 1.165) is 29.8 Å². The molecule has 1 aliphatic heterocycles. The summed E-state index contributed by atoms with van der Waals surface area (Å²) in [7, 11) is 1.65. The first kappa shape index (κ1) is 11.9. The number of H-pyrrole nitrogens is 1. The summed E-state index contributed by atoms with van der Waals surface area (Å²) in [6, 6.07) is 6.36. The van der Waals surface area contributed by atoms with E-state index in [1.165, 1.54) is 12.8 Å². The molecular formula is C15H18N4O. The molecule has 2 bridgehead atoms. The molecule has 5 nitrogen and oxygen atoms in total. The summed E-state index contributed by atoms with van der Waals surface area (Å²) < 4.78 is 0. The number of hydrogen-bond acceptors (Lipinski definition) is 3. The van der Waals surface area contributed by atoms with Crippen LogP contribution in [0.25, 0.3) is 11.0 Å². The summed E-state index contributed by atoms with van der Waals surface area (Å²) in [4.78, 5) is 20.2. The smallest absolute Gasteiger partial charge is 0.253 e. The highest BCUT2D eigenvalue weighted by Gasteiger charge is 2.48. The Morgan fingerprint density at radius 1 is 1.50 bits per heavy atom. The molecule has 1 amide bonds. The maximum atomic E-state index is 11.9. The van der Waals surface area contributed by atoms with Crippen LogP contribution in [0.15, 0.2) is 18.2 Å². The van der Waals surface area contributed by atoms with Crippen molar-refractivity contribution in [1.29, 1.82) is 0 Å². The first-order valence-corrected chi connectivity index (χ1v) is 7.16. The molecule has 1 aromatic heterocycles. The minimum atomic E-state index is -0.0833. The van der Waals surface area contributed by atoms with Gasteiger partial charge in [-0.25, -0.2) is 4.98 Å². The van der Waals surface area contributed by atoms with Crippen molar-refractivity contribution in [3.05, 3.63) is 29.6 Å². The number of aromatic nitrogens is 2. The van der Waals surface area contributed by atoms with Crippen molar-refractivity contribution in [2.45, 2.75) is 30.7 Å². The third-order valence-corrected chi connectivity index (χ3v) is 4.82. The Balaban J connectivity index is 1.85. The molecule has 0 spiro atoms. The van der Waals surface area contributed by atoms with Gasteiger partial charge in [-0.1, -0.05) is 6.07 Å². The predicted octanol–water partition coefficient (Wildman–Crippen LogP) is 1.32. The molecule has 3 N–H and O–H groups in total. The molecule has 2 fully saturated rings. The lowest BCUT2D eigenvalue weighted by Crippen LogP contribution is -2.33. The van der Waals surface area contributed by atoms with Gasteiger partial charge < -0.3 is 15.6 Å². The molecule has 1 aromatic carbocycles. The van der Waals surface area contributed by atoms with Gasteiger partial charge in [0.15, 0.2) is 0 Å². The van der Waals surface area contributed by atoms with Crippen LogP contribution >= 0.6 is 0 Å². The number of rotatable bonds is 2. The SMILES string of the molecule is CNC(=O)c1cccc2[nH]c(C34CCC(C3)NC4)nc12. The predicted molar refractivity (Wildman–Crippen MR) is 76.8 cm³/mol. The number of carbonyl (C=O) groups is 1. The van der Waals surface area contributed by atoms with E-state index in [-0.39, 0.29) is 11.3 Å². The van der Waals surface area contributed by atoms with E-state index in [4.69, 9.17) is 4.98 Å². The minimum absolute atomic E-state index is 0.0833. The molecular weight excluding hydrogens is 252 g/mol. The maximum absolute atomic E-state index is 11.9. The Kier molecular flexibility index (Phi) is 2.41. The van der Waals surface area contributed by atoms with Crippen LogP contribution < -0.4 is 10.6 Å². The van der Waals surface area contributed by atoms with Crippen LogP contribution in [0, 0.1) is 0 Å². The third-order valence-electron chi connectivity index (χ3n) is 4.82. The van der Waals surface area contributed by atoms with Crippen molar-refractivity contribution >= 4 is 16.9 Å². The van der Waals surface area contributed by atoms with Crippen molar-refractivity contribution in [2.75, 3.05) is 13.6 Å². The van der Waals surface area contributed by atoms with E-state index in [1.54, 1.807) is 7.05 Å². The van der Waals surface area contributed by atoms with E-state index in [9.17, 15) is 4.79 Å². The number of para-hydroxylation sites is 1. The molecule has 0 radical (unpaired) electrons. The molecule has 1 saturated heterocycles. The Hall–Kier alpha value is -1.88. The van der Waals surface area contributed by atoms with Gasteiger partial charge in [0, 0.05) is 25.0 Å². The number of nitrogens with zero attached hydrogens (tertiary/aromatic N) is 1. The Morgan fingerprint density at radius 2 is 2.40 bits per heavy atom. The zero-order chi connectivity index (χ0) is 13.7. The van der Waals surface area contributed by atoms with E-state index in [2.05, 4.69) is 15.6 Å². The topological polar surface area (TPSA) is 69.8 Å². The largest absolute Gasteiger partial charge is 0.355 e. The van der Waals surface area contributed by atoms with Crippen LogP contribution in [-0.2, 0) is 5.41 Å². The van der Waals surface area contributed by atoms with E-state index >= 15 is 0 Å². The lowest BCUT2D eigenvalue weighted by atomic mass is 9.87. The lowest BCUT2D eigenvalue weighted by Gasteiger charge is -2.23. The van der Waals surface area contributed by atoms with Gasteiger partial charge in [0.05, 0.1) is 11.1 Å². The molecule has 4 rings (SSSR count). The monoisotopic (exact) mass is 270 g/mol. The van der Waals surface area contributed by atoms with Crippen LogP contribution in [0.1, 0.15) is 35.4 Å². The van der Waals surface area contributed by atoms with Gasteiger partial charge in [0.1, 0.15) is 11.3 Å². The van der Waals surface area contributed by atoms with E-state index in [0.29, 0.717) is 11.6 Å². The molecule has 5 heteroatoms. The number of amides is 1. The summed E-state index contributed by atoms with van der Waals surface area (Å²) in [5, 5.41) is 6.23. The van der Waals surface area contributed by atoms with Gasteiger partial charge in [0.25, 0.3) is 5.91 Å². The van der Waals surface area contributed by atoms with Crippen molar-refractivity contribution in [3.63, 3.8) is 0 Å². The highest BCUT2D eigenvalue weighted by Crippen LogP contribution is 2.44. The summed E-state index contributed by atoms with van der Waals surface area (Å²) in [5.41, 5.74) is 2.52. The number of carbonyl (C=O) groups excluding carboxylic acids is 1. The molecule has 104 valence electrons. The number of aromatic amines is 1. The number of imidazole rings is 1. The molecule has 2 aromatic rings. The van der Waals surface area contributed by atoms with Gasteiger partial charge in [-0.2, -0.15) is 0 Å². The third kappa shape index (κ3) is 1.53. The second-order valence-corrected chi connectivity index (χ2v) is 5.97. The van der Waals surface area contributed by atoms with Gasteiger partial charge in [0.2, 0.25) is 0 Å². The fourth-order valence-electron chi connectivity index (χ4n) is 3.70. The highest BCUT2D eigenvalue weighted by atomic mass is 16.1. The number of benzene rings is 1. The summed E-state index contributed by atoms with van der Waals surface area (Å²) in [6.45, 7) is 0.993. The van der Waals surface area contributed by atoms with Crippen molar-refractivity contribution < 1.29 is 4.79 Å². The van der Waals surface area contributed by atoms with Gasteiger partial charge >= 0.3 is 0 Å². The zero-order valence-electron chi connectivity index (χ0n) is 11.5. The first-order valence-electron chi connectivity index (χ1n) is 7.16. The summed E-state index contributed by atoms with van der Waals surface area (Å²) >= 11 is 0. The summed E-state index contributed by atoms with van der Waals surface area (Å²) in [6.07, 6.45) is 3.56. The first-order chi connectivity index (χ1) is 9.72. The Labute approximate surface area is 117 Å². The average molecular weight is 270 g/mol. The Bertz CT molecular complexity index is 682. The molecule has 2 unspecified atom stereocenters. The highest BCUT2D eigenvalue weighted by molar-refractivity contribution is 6.04. The maximum Gasteiger partial charge on any atom is 0.253 e. The number of fused-ring (bicyclic) bond motifs is 3. The van der Waals surface area contributed by atoms with Crippen molar-refractivity contribution in [3.8, 4) is 0 Å². The second-order valence-electron chi connectivity index (χ2n) is 5.97. The minimum Gasteiger partial charge on any atom is -0.355 e. The molecule has 1 saturated carbocycles. The van der Waals surface area contributed by atoms with Gasteiger partial charge in [-0.3, -0.25) is 4.79 Å². The van der Waals surface area contributed by atoms with Crippen LogP contribution in [0.4, 0.5) is 0 Å². The Morgan fingerprint density at radius 3 is 3.05 bits per heavy atom. The normalized spacial score (nSPS) is 28.1. The quantitative estimate of drug-likeness (QED) is 0.770. The van der Waals surface area contributed by atoms with Crippen LogP contribution in [0.3, 0.4) is 0 Å². The van der Waals surface area contributed by atoms with Crippen molar-refractivity contribution in [1.82, 2.24) is 20.6 Å². The molecule has 2 atom stereocenters. The van der Waals surface area contributed by atoms with Crippen LogP contribution in [0.2, 0.25) is 0 Å². The van der Waals surface area contributed by atoms with Gasteiger partial charge in [-0.05, 0) is 31.4 Å². The molecule has 20 heavy (non-hydrogen) atoms. The number of nitrogens with one attached hydrogen (secondary N) is 3. The van der Waals surface area contributed by atoms with E-state index in [1.807, 2.05) is 18.2 Å². The lowest BCUT2D eigenvalue weighted by molar-refractivity contribution is 0.0964. The second kappa shape index (κ2) is 4.06. The number of hydrogen-bond donors (Lipinski definition) is 3. The standard InChI is InChI=1S/C15H18N4O/c1-16-13(20)10-3-2-4-11-12(10)19-14(18-11)15-6-5-9(7-15)17-8-15/h2-4,9,17H,5-8H2,1H3,(H,16,20)(H,18,19). The number of piperidine rings is 1. The molecule has 2 heterocycles. The molecule has 2 aliphatic rings. The summed E-state index contributed by atoms with van der Waals surface area (Å²) in [5.74, 6) is 0.955. The fraction of sp³-hybridized carbons (Fsp3) is 0.467. The van der Waals surface area contributed by atoms with Crippen LogP contribution in [0.5, 0.6) is 0 Å². The van der Waals surface area contributed by atoms with Crippen LogP contribution in [-0.4, -0.2) is 35.5 Å². The molecule has 1 aliphatic carbocycles. The van der Waals surface area contributed by atoms with Gasteiger partial charge in [-0.15, -0.1) is 0 Å². The fourth-order valence-corrected chi connectivity index (χ4v) is 3.70. The van der Waals surface area contributed by atoms with E-state index < -0.39 is 0 Å². The van der Waals surface area contributed by atoms with Crippen molar-refractivity contribution in [2.24, 2.45) is 0 Å². The zero-order valence-corrected chi connectivity index (χ0v) is 11.5.